The van der Waals surface area contributed by atoms with Crippen molar-refractivity contribution in [2.24, 2.45) is 4.99 Å². The van der Waals surface area contributed by atoms with Gasteiger partial charge in [0, 0.05) is 12.4 Å². The Morgan fingerprint density at radius 3 is 2.79 bits per heavy atom. The lowest BCUT2D eigenvalue weighted by atomic mass is 10.1. The average Bonchev–Trinajstić information content (AvgIpc) is 2.64. The van der Waals surface area contributed by atoms with E-state index in [1.54, 1.807) is 12.3 Å². The van der Waals surface area contributed by atoms with E-state index in [2.05, 4.69) is 20.3 Å². The third-order valence-corrected chi connectivity index (χ3v) is 3.14. The minimum absolute atomic E-state index is 0.0808. The number of amides is 1. The maximum Gasteiger partial charge on any atom is 0.411 e. The van der Waals surface area contributed by atoms with Gasteiger partial charge in [0.25, 0.3) is 0 Å². The largest absolute Gasteiger partial charge is 0.465 e. The summed E-state index contributed by atoms with van der Waals surface area (Å²) < 4.78 is 0. The summed E-state index contributed by atoms with van der Waals surface area (Å²) >= 11 is 0. The van der Waals surface area contributed by atoms with Gasteiger partial charge in [-0.15, -0.1) is 0 Å². The monoisotopic (exact) mass is 262 g/mol. The Balaban J connectivity index is 1.99. The summed E-state index contributed by atoms with van der Waals surface area (Å²) in [7, 11) is 0. The van der Waals surface area contributed by atoms with Gasteiger partial charge in [0.15, 0.2) is 0 Å². The smallest absolute Gasteiger partial charge is 0.411 e. The number of carbonyl (C=O) groups is 1. The third-order valence-electron chi connectivity index (χ3n) is 3.14. The SMILES string of the molecule is O=C(O)Nc1nccc(C=NC2CCCCCC2)n1. The van der Waals surface area contributed by atoms with Gasteiger partial charge < -0.3 is 5.11 Å². The molecule has 0 spiro atoms. The van der Waals surface area contributed by atoms with Gasteiger partial charge in [-0.1, -0.05) is 25.7 Å². The van der Waals surface area contributed by atoms with E-state index >= 15 is 0 Å². The molecule has 1 aromatic rings. The van der Waals surface area contributed by atoms with Crippen LogP contribution in [-0.2, 0) is 0 Å². The highest BCUT2D eigenvalue weighted by Gasteiger charge is 2.09. The molecule has 1 heterocycles. The van der Waals surface area contributed by atoms with Crippen LogP contribution in [0.5, 0.6) is 0 Å². The molecule has 1 saturated carbocycles. The Kier molecular flexibility index (Phi) is 4.83. The number of nitrogens with one attached hydrogen (secondary N) is 1. The van der Waals surface area contributed by atoms with Crippen molar-refractivity contribution in [3.63, 3.8) is 0 Å². The molecular formula is C13H18N4O2. The first kappa shape index (κ1) is 13.5. The molecule has 1 aromatic heterocycles. The van der Waals surface area contributed by atoms with Crippen LogP contribution in [0.3, 0.4) is 0 Å². The maximum absolute atomic E-state index is 10.5. The molecule has 19 heavy (non-hydrogen) atoms. The normalized spacial score (nSPS) is 17.3. The molecule has 2 N–H and O–H groups in total. The number of hydrogen-bond donors (Lipinski definition) is 2. The van der Waals surface area contributed by atoms with E-state index in [-0.39, 0.29) is 5.95 Å². The van der Waals surface area contributed by atoms with Crippen LogP contribution < -0.4 is 5.32 Å². The highest BCUT2D eigenvalue weighted by molar-refractivity contribution is 5.82. The average molecular weight is 262 g/mol. The van der Waals surface area contributed by atoms with Crippen molar-refractivity contribution >= 4 is 18.3 Å². The molecule has 0 radical (unpaired) electrons. The molecule has 1 amide bonds. The zero-order chi connectivity index (χ0) is 13.5. The second-order valence-corrected chi connectivity index (χ2v) is 4.66. The Morgan fingerprint density at radius 1 is 1.37 bits per heavy atom. The molecule has 0 aromatic carbocycles. The fourth-order valence-corrected chi connectivity index (χ4v) is 2.19. The Hall–Kier alpha value is -1.98. The summed E-state index contributed by atoms with van der Waals surface area (Å²) in [5.41, 5.74) is 0.628. The van der Waals surface area contributed by atoms with Crippen LogP contribution in [0.15, 0.2) is 17.3 Å². The number of aliphatic imine (C=N–C) groups is 1. The second-order valence-electron chi connectivity index (χ2n) is 4.66. The van der Waals surface area contributed by atoms with Crippen LogP contribution in [0, 0.1) is 0 Å². The summed E-state index contributed by atoms with van der Waals surface area (Å²) in [6.45, 7) is 0. The van der Waals surface area contributed by atoms with Crippen LogP contribution in [0.2, 0.25) is 0 Å². The zero-order valence-electron chi connectivity index (χ0n) is 10.7. The van der Waals surface area contributed by atoms with Gasteiger partial charge in [-0.25, -0.2) is 14.8 Å². The minimum atomic E-state index is -1.17. The minimum Gasteiger partial charge on any atom is -0.465 e. The van der Waals surface area contributed by atoms with E-state index in [9.17, 15) is 4.79 Å². The second kappa shape index (κ2) is 6.82. The van der Waals surface area contributed by atoms with Crippen LogP contribution in [0.25, 0.3) is 0 Å². The Morgan fingerprint density at radius 2 is 2.11 bits per heavy atom. The van der Waals surface area contributed by atoms with Crippen LogP contribution in [0.1, 0.15) is 44.2 Å². The van der Waals surface area contributed by atoms with Crippen LogP contribution in [-0.4, -0.2) is 33.4 Å². The topological polar surface area (TPSA) is 87.5 Å². The molecule has 102 valence electrons. The van der Waals surface area contributed by atoms with Gasteiger partial charge in [0.05, 0.1) is 11.7 Å². The van der Waals surface area contributed by atoms with Crippen LogP contribution >= 0.6 is 0 Å². The summed E-state index contributed by atoms with van der Waals surface area (Å²) in [6.07, 6.45) is 9.38. The quantitative estimate of drug-likeness (QED) is 0.647. The van der Waals surface area contributed by atoms with Gasteiger partial charge in [0.1, 0.15) is 0 Å². The van der Waals surface area contributed by atoms with Gasteiger partial charge >= 0.3 is 6.09 Å². The number of hydrogen-bond acceptors (Lipinski definition) is 4. The molecule has 0 bridgehead atoms. The van der Waals surface area contributed by atoms with Crippen molar-refractivity contribution in [2.75, 3.05) is 5.32 Å². The third kappa shape index (κ3) is 4.65. The van der Waals surface area contributed by atoms with Crippen molar-refractivity contribution in [3.8, 4) is 0 Å². The molecule has 1 fully saturated rings. The van der Waals surface area contributed by atoms with Crippen molar-refractivity contribution in [2.45, 2.75) is 44.6 Å². The highest BCUT2D eigenvalue weighted by atomic mass is 16.4. The fourth-order valence-electron chi connectivity index (χ4n) is 2.19. The number of nitrogens with zero attached hydrogens (tertiary/aromatic N) is 3. The maximum atomic E-state index is 10.5. The number of carboxylic acid groups (broad SMARTS) is 1. The molecule has 0 aliphatic heterocycles. The molecular weight excluding hydrogens is 244 g/mol. The lowest BCUT2D eigenvalue weighted by molar-refractivity contribution is 0.209. The first-order valence-electron chi connectivity index (χ1n) is 6.60. The van der Waals surface area contributed by atoms with E-state index < -0.39 is 6.09 Å². The van der Waals surface area contributed by atoms with Gasteiger partial charge in [-0.2, -0.15) is 0 Å². The molecule has 0 atom stereocenters. The van der Waals surface area contributed by atoms with E-state index in [1.807, 2.05) is 0 Å². The van der Waals surface area contributed by atoms with E-state index in [0.717, 1.165) is 12.8 Å². The van der Waals surface area contributed by atoms with Crippen molar-refractivity contribution in [3.05, 3.63) is 18.0 Å². The molecule has 6 heteroatoms. The highest BCUT2D eigenvalue weighted by Crippen LogP contribution is 2.19. The molecule has 2 rings (SSSR count). The standard InChI is InChI=1S/C13H18N4O2/c18-13(19)17-12-14-8-7-11(16-12)9-15-10-5-3-1-2-4-6-10/h7-10H,1-6H2,(H,18,19)(H,14,16,17). The first-order valence-corrected chi connectivity index (χ1v) is 6.60. The van der Waals surface area contributed by atoms with Crippen molar-refractivity contribution in [1.82, 2.24) is 9.97 Å². The summed E-state index contributed by atoms with van der Waals surface area (Å²) in [4.78, 5) is 22.9. The van der Waals surface area contributed by atoms with E-state index in [4.69, 9.17) is 5.11 Å². The summed E-state index contributed by atoms with van der Waals surface area (Å²) in [5.74, 6) is 0.0808. The molecule has 0 saturated heterocycles. The number of aromatic nitrogens is 2. The van der Waals surface area contributed by atoms with Gasteiger partial charge in [-0.05, 0) is 18.9 Å². The molecule has 1 aliphatic carbocycles. The summed E-state index contributed by atoms with van der Waals surface area (Å²) in [5, 5.41) is 10.7. The molecule has 0 unspecified atom stereocenters. The first-order chi connectivity index (χ1) is 9.24. The van der Waals surface area contributed by atoms with Crippen molar-refractivity contribution < 1.29 is 9.90 Å². The van der Waals surface area contributed by atoms with Gasteiger partial charge in [0.2, 0.25) is 5.95 Å². The lowest BCUT2D eigenvalue weighted by Crippen LogP contribution is -2.11. The Labute approximate surface area is 112 Å². The molecule has 6 nitrogen and oxygen atoms in total. The fraction of sp³-hybridized carbons (Fsp3) is 0.538. The summed E-state index contributed by atoms with van der Waals surface area (Å²) in [6, 6.07) is 2.08. The molecule has 1 aliphatic rings. The van der Waals surface area contributed by atoms with Crippen LogP contribution in [0.4, 0.5) is 10.7 Å². The van der Waals surface area contributed by atoms with E-state index in [0.29, 0.717) is 11.7 Å². The van der Waals surface area contributed by atoms with E-state index in [1.165, 1.54) is 31.9 Å². The zero-order valence-corrected chi connectivity index (χ0v) is 10.7. The number of anilines is 1. The lowest BCUT2D eigenvalue weighted by Gasteiger charge is -2.07. The Bertz CT molecular complexity index is 454. The predicted molar refractivity (Wildman–Crippen MR) is 72.8 cm³/mol. The predicted octanol–water partition coefficient (Wildman–Crippen LogP) is 2.71. The number of rotatable bonds is 3. The van der Waals surface area contributed by atoms with Gasteiger partial charge in [-0.3, -0.25) is 10.3 Å². The van der Waals surface area contributed by atoms with Crippen molar-refractivity contribution in [1.29, 1.82) is 0 Å².